The minimum atomic E-state index is 0.469. The van der Waals surface area contributed by atoms with Crippen molar-refractivity contribution in [2.45, 2.75) is 25.8 Å². The van der Waals surface area contributed by atoms with Crippen molar-refractivity contribution in [3.63, 3.8) is 0 Å². The minimum absolute atomic E-state index is 0.469. The molecular weight excluding hydrogens is 200 g/mol. The molecule has 0 spiro atoms. The first kappa shape index (κ1) is 11.2. The fraction of sp³-hybridized carbons (Fsp3) is 0.583. The summed E-state index contributed by atoms with van der Waals surface area (Å²) >= 11 is 0. The Morgan fingerprint density at radius 2 is 2.38 bits per heavy atom. The molecule has 1 aliphatic heterocycles. The second-order valence-electron chi connectivity index (χ2n) is 4.70. The maximum atomic E-state index is 5.93. The Morgan fingerprint density at radius 3 is 3.06 bits per heavy atom. The number of hydrogen-bond acceptors (Lipinski definition) is 4. The lowest BCUT2D eigenvalue weighted by atomic mass is 10.1. The van der Waals surface area contributed by atoms with Gasteiger partial charge in [-0.3, -0.25) is 0 Å². The Labute approximate surface area is 96.8 Å². The van der Waals surface area contributed by atoms with Crippen molar-refractivity contribution >= 4 is 11.5 Å². The van der Waals surface area contributed by atoms with Gasteiger partial charge in [0.25, 0.3) is 0 Å². The van der Waals surface area contributed by atoms with Crippen molar-refractivity contribution in [3.8, 4) is 0 Å². The van der Waals surface area contributed by atoms with Gasteiger partial charge in [-0.25, -0.2) is 4.98 Å². The Morgan fingerprint density at radius 1 is 1.56 bits per heavy atom. The number of piperidine rings is 1. The van der Waals surface area contributed by atoms with Crippen LogP contribution in [0.1, 0.15) is 18.4 Å². The average Bonchev–Trinajstić information content (AvgIpc) is 2.22. The summed E-state index contributed by atoms with van der Waals surface area (Å²) in [5.74, 6) is 0.825. The summed E-state index contributed by atoms with van der Waals surface area (Å²) in [5, 5.41) is 3.43. The summed E-state index contributed by atoms with van der Waals surface area (Å²) in [7, 11) is 2.15. The number of likely N-dealkylation sites (tertiary alicyclic amines) is 1. The van der Waals surface area contributed by atoms with Gasteiger partial charge < -0.3 is 16.0 Å². The third-order valence-corrected chi connectivity index (χ3v) is 3.02. The Balaban J connectivity index is 2.02. The molecule has 4 heteroatoms. The molecule has 16 heavy (non-hydrogen) atoms. The summed E-state index contributed by atoms with van der Waals surface area (Å²) in [5.41, 5.74) is 7.78. The highest BCUT2D eigenvalue weighted by Crippen LogP contribution is 2.19. The van der Waals surface area contributed by atoms with Crippen LogP contribution < -0.4 is 11.1 Å². The summed E-state index contributed by atoms with van der Waals surface area (Å²) in [6.45, 7) is 4.26. The van der Waals surface area contributed by atoms with Crippen LogP contribution in [0.15, 0.2) is 12.3 Å². The molecule has 0 amide bonds. The van der Waals surface area contributed by atoms with Gasteiger partial charge >= 0.3 is 0 Å². The number of rotatable bonds is 2. The third kappa shape index (κ3) is 2.64. The van der Waals surface area contributed by atoms with E-state index in [2.05, 4.69) is 22.2 Å². The highest BCUT2D eigenvalue weighted by molar-refractivity contribution is 5.62. The Hall–Kier alpha value is -1.29. The molecule has 1 aromatic rings. The lowest BCUT2D eigenvalue weighted by Crippen LogP contribution is -2.40. The normalized spacial score (nSPS) is 22.0. The molecule has 1 aromatic heterocycles. The van der Waals surface area contributed by atoms with E-state index < -0.39 is 0 Å². The average molecular weight is 220 g/mol. The predicted molar refractivity (Wildman–Crippen MR) is 67.5 cm³/mol. The van der Waals surface area contributed by atoms with Crippen LogP contribution in [0.5, 0.6) is 0 Å². The van der Waals surface area contributed by atoms with Gasteiger partial charge in [0.1, 0.15) is 5.82 Å². The number of nitrogens with zero attached hydrogens (tertiary/aromatic N) is 2. The van der Waals surface area contributed by atoms with Gasteiger partial charge in [-0.1, -0.05) is 0 Å². The number of nitrogens with one attached hydrogen (secondary N) is 1. The second kappa shape index (κ2) is 4.70. The smallest absolute Gasteiger partial charge is 0.149 e. The maximum absolute atomic E-state index is 5.93. The first-order valence-electron chi connectivity index (χ1n) is 5.82. The van der Waals surface area contributed by atoms with Crippen LogP contribution in [0.4, 0.5) is 11.5 Å². The molecule has 0 aromatic carbocycles. The van der Waals surface area contributed by atoms with Crippen LogP contribution in [0.2, 0.25) is 0 Å². The molecule has 1 aliphatic rings. The molecule has 88 valence electrons. The summed E-state index contributed by atoms with van der Waals surface area (Å²) in [6.07, 6.45) is 4.28. The first-order chi connectivity index (χ1) is 7.65. The van der Waals surface area contributed by atoms with Crippen LogP contribution in [0.25, 0.3) is 0 Å². The number of nitrogens with two attached hydrogens (primary N) is 1. The number of aryl methyl sites for hydroxylation is 1. The minimum Gasteiger partial charge on any atom is -0.396 e. The summed E-state index contributed by atoms with van der Waals surface area (Å²) in [6, 6.07) is 2.43. The SMILES string of the molecule is Cc1cnc(NC2CCCN(C)C2)c(N)c1. The van der Waals surface area contributed by atoms with E-state index in [0.29, 0.717) is 6.04 Å². The molecule has 0 bridgehead atoms. The van der Waals surface area contributed by atoms with Crippen LogP contribution in [0, 0.1) is 6.92 Å². The van der Waals surface area contributed by atoms with Gasteiger partial charge in [0.2, 0.25) is 0 Å². The van der Waals surface area contributed by atoms with E-state index >= 15 is 0 Å². The number of aromatic nitrogens is 1. The number of nitrogen functional groups attached to an aromatic ring is 1. The van der Waals surface area contributed by atoms with Crippen molar-refractivity contribution in [2.24, 2.45) is 0 Å². The predicted octanol–water partition coefficient (Wildman–Crippen LogP) is 1.48. The molecule has 1 unspecified atom stereocenters. The number of anilines is 2. The molecule has 0 saturated carbocycles. The van der Waals surface area contributed by atoms with Gasteiger partial charge in [0.05, 0.1) is 5.69 Å². The number of pyridine rings is 1. The molecule has 1 fully saturated rings. The number of hydrogen-bond donors (Lipinski definition) is 2. The van der Waals surface area contributed by atoms with Crippen molar-refractivity contribution < 1.29 is 0 Å². The van der Waals surface area contributed by atoms with Crippen LogP contribution in [-0.4, -0.2) is 36.1 Å². The zero-order chi connectivity index (χ0) is 11.5. The van der Waals surface area contributed by atoms with Crippen LogP contribution >= 0.6 is 0 Å². The Bertz CT molecular complexity index is 364. The topological polar surface area (TPSA) is 54.2 Å². The van der Waals surface area contributed by atoms with E-state index in [1.807, 2.05) is 19.2 Å². The second-order valence-corrected chi connectivity index (χ2v) is 4.70. The molecule has 0 aliphatic carbocycles. The van der Waals surface area contributed by atoms with Gasteiger partial charge in [-0.2, -0.15) is 0 Å². The van der Waals surface area contributed by atoms with Gasteiger partial charge in [-0.15, -0.1) is 0 Å². The molecule has 4 nitrogen and oxygen atoms in total. The molecular formula is C12H20N4. The molecule has 1 atom stereocenters. The highest BCUT2D eigenvalue weighted by atomic mass is 15.2. The van der Waals surface area contributed by atoms with Gasteiger partial charge in [0, 0.05) is 18.8 Å². The summed E-state index contributed by atoms with van der Waals surface area (Å²) < 4.78 is 0. The van der Waals surface area contributed by atoms with E-state index in [1.54, 1.807) is 0 Å². The molecule has 2 heterocycles. The van der Waals surface area contributed by atoms with E-state index in [4.69, 9.17) is 5.73 Å². The Kier molecular flexibility index (Phi) is 3.29. The van der Waals surface area contributed by atoms with Gasteiger partial charge in [0.15, 0.2) is 0 Å². The van der Waals surface area contributed by atoms with Crippen molar-refractivity contribution in [2.75, 3.05) is 31.2 Å². The van der Waals surface area contributed by atoms with E-state index in [9.17, 15) is 0 Å². The standard InChI is InChI=1S/C12H20N4/c1-9-6-11(13)12(14-7-9)15-10-4-3-5-16(2)8-10/h6-7,10H,3-5,8,13H2,1-2H3,(H,14,15). The molecule has 3 N–H and O–H groups in total. The monoisotopic (exact) mass is 220 g/mol. The van der Waals surface area contributed by atoms with Gasteiger partial charge in [-0.05, 0) is 45.0 Å². The molecule has 1 saturated heterocycles. The lowest BCUT2D eigenvalue weighted by molar-refractivity contribution is 0.261. The van der Waals surface area contributed by atoms with Crippen LogP contribution in [-0.2, 0) is 0 Å². The van der Waals surface area contributed by atoms with Crippen molar-refractivity contribution in [1.29, 1.82) is 0 Å². The lowest BCUT2D eigenvalue weighted by Gasteiger charge is -2.30. The zero-order valence-electron chi connectivity index (χ0n) is 10.0. The van der Waals surface area contributed by atoms with Crippen molar-refractivity contribution in [3.05, 3.63) is 17.8 Å². The number of likely N-dealkylation sites (N-methyl/N-ethyl adjacent to an activating group) is 1. The zero-order valence-corrected chi connectivity index (χ0v) is 10.0. The fourth-order valence-corrected chi connectivity index (χ4v) is 2.19. The van der Waals surface area contributed by atoms with E-state index in [1.165, 1.54) is 19.4 Å². The third-order valence-electron chi connectivity index (χ3n) is 3.02. The quantitative estimate of drug-likeness (QED) is 0.792. The van der Waals surface area contributed by atoms with E-state index in [0.717, 1.165) is 23.6 Å². The fourth-order valence-electron chi connectivity index (χ4n) is 2.19. The molecule has 0 radical (unpaired) electrons. The highest BCUT2D eigenvalue weighted by Gasteiger charge is 2.17. The van der Waals surface area contributed by atoms with E-state index in [-0.39, 0.29) is 0 Å². The maximum Gasteiger partial charge on any atom is 0.149 e. The first-order valence-corrected chi connectivity index (χ1v) is 5.82. The molecule has 2 rings (SSSR count). The van der Waals surface area contributed by atoms with Crippen LogP contribution in [0.3, 0.4) is 0 Å². The summed E-state index contributed by atoms with van der Waals surface area (Å²) in [4.78, 5) is 6.68. The van der Waals surface area contributed by atoms with Crippen molar-refractivity contribution in [1.82, 2.24) is 9.88 Å². The largest absolute Gasteiger partial charge is 0.396 e.